The average molecular weight is 599 g/mol. The SMILES string of the molecule is CCc1ccc(N(C)C)c2c1C1(OCCO1)C1=C(O)[C@@]3(O)[C@@H](C[C@@H]1C2)[C@H](N(C)C)C(O)=C(C(=O)CC(C)=O)C31OCCO1. The van der Waals surface area contributed by atoms with E-state index >= 15 is 0 Å². The summed E-state index contributed by atoms with van der Waals surface area (Å²) in [5.74, 6) is -6.82. The van der Waals surface area contributed by atoms with Crippen molar-refractivity contribution in [1.82, 2.24) is 4.90 Å². The maximum atomic E-state index is 13.7. The largest absolute Gasteiger partial charge is 0.510 e. The fourth-order valence-corrected chi connectivity index (χ4v) is 8.37. The van der Waals surface area contributed by atoms with Crippen molar-refractivity contribution in [1.29, 1.82) is 0 Å². The lowest BCUT2D eigenvalue weighted by Crippen LogP contribution is -2.72. The standard InChI is InChI=1S/C32H42N2O9/c1-7-18-8-9-22(33(3)4)20-15-19-16-21-27(34(5)6)28(37)26(23(36)14-17(2)35)32(42-12-13-43-32)30(21,39)29(38)25(19)31(24(18)20)40-10-11-41-31/h8-9,19,21,27,37-39H,7,10-16H2,1-6H3/t19-,21-,27-,30-/m0/s1. The van der Waals surface area contributed by atoms with Crippen LogP contribution in [0.15, 0.2) is 34.8 Å². The third kappa shape index (κ3) is 3.95. The molecule has 1 aromatic carbocycles. The number of aryl methyl sites for hydroxylation is 1. The van der Waals surface area contributed by atoms with Crippen LogP contribution >= 0.6 is 0 Å². The van der Waals surface area contributed by atoms with Crippen molar-refractivity contribution in [2.75, 3.05) is 59.5 Å². The summed E-state index contributed by atoms with van der Waals surface area (Å²) >= 11 is 0. The maximum Gasteiger partial charge on any atom is 0.239 e. The number of Topliss-reactive ketones (excluding diaryl/α,β-unsaturated/α-hetero) is 2. The summed E-state index contributed by atoms with van der Waals surface area (Å²) in [5, 5.41) is 37.3. The molecule has 11 heteroatoms. The van der Waals surface area contributed by atoms with Crippen molar-refractivity contribution in [3.8, 4) is 0 Å². The first kappa shape index (κ1) is 30.2. The summed E-state index contributed by atoms with van der Waals surface area (Å²) in [4.78, 5) is 29.5. The van der Waals surface area contributed by atoms with E-state index in [0.717, 1.165) is 22.4 Å². The molecule has 5 aliphatic rings. The van der Waals surface area contributed by atoms with Crippen LogP contribution < -0.4 is 4.90 Å². The van der Waals surface area contributed by atoms with Gasteiger partial charge in [-0.15, -0.1) is 0 Å². The molecule has 0 amide bonds. The Morgan fingerprint density at radius 2 is 1.63 bits per heavy atom. The fraction of sp³-hybridized carbons (Fsp3) is 0.625. The molecule has 0 unspecified atom stereocenters. The molecule has 1 aromatic rings. The smallest absolute Gasteiger partial charge is 0.239 e. The molecule has 11 nitrogen and oxygen atoms in total. The van der Waals surface area contributed by atoms with E-state index in [9.17, 15) is 24.9 Å². The van der Waals surface area contributed by atoms with Crippen molar-refractivity contribution in [2.45, 2.75) is 62.7 Å². The van der Waals surface area contributed by atoms with Crippen LogP contribution in [0.3, 0.4) is 0 Å². The van der Waals surface area contributed by atoms with Gasteiger partial charge in [0.1, 0.15) is 17.3 Å². The van der Waals surface area contributed by atoms with Gasteiger partial charge in [-0.05, 0) is 63.4 Å². The van der Waals surface area contributed by atoms with Crippen molar-refractivity contribution < 1.29 is 43.9 Å². The second kappa shape index (κ2) is 10.4. The normalized spacial score (nSPS) is 30.6. The van der Waals surface area contributed by atoms with E-state index in [1.54, 1.807) is 19.0 Å². The predicted molar refractivity (Wildman–Crippen MR) is 156 cm³/mol. The molecule has 3 aliphatic carbocycles. The van der Waals surface area contributed by atoms with Crippen LogP contribution in [0.25, 0.3) is 0 Å². The molecular weight excluding hydrogens is 556 g/mol. The Morgan fingerprint density at radius 3 is 2.19 bits per heavy atom. The van der Waals surface area contributed by atoms with Crippen molar-refractivity contribution in [3.05, 3.63) is 51.5 Å². The number of hydrogen-bond donors (Lipinski definition) is 3. The molecule has 0 aromatic heterocycles. The van der Waals surface area contributed by atoms with E-state index < -0.39 is 52.9 Å². The number of benzene rings is 1. The van der Waals surface area contributed by atoms with Gasteiger partial charge >= 0.3 is 0 Å². The average Bonchev–Trinajstić information content (AvgIpc) is 3.61. The number of nitrogens with zero attached hydrogens (tertiary/aromatic N) is 2. The number of carbonyl (C=O) groups excluding carboxylic acids is 2. The van der Waals surface area contributed by atoms with E-state index in [2.05, 4.69) is 17.9 Å². The third-order valence-corrected chi connectivity index (χ3v) is 9.85. The summed E-state index contributed by atoms with van der Waals surface area (Å²) in [6.07, 6.45) is 0.996. The molecule has 3 N–H and O–H groups in total. The van der Waals surface area contributed by atoms with Crippen LogP contribution in [0.4, 0.5) is 5.69 Å². The summed E-state index contributed by atoms with van der Waals surface area (Å²) < 4.78 is 25.2. The van der Waals surface area contributed by atoms with Gasteiger partial charge in [0.2, 0.25) is 11.6 Å². The molecule has 6 rings (SSSR count). The van der Waals surface area contributed by atoms with Crippen LogP contribution in [0.2, 0.25) is 0 Å². The van der Waals surface area contributed by atoms with E-state index in [4.69, 9.17) is 18.9 Å². The molecule has 0 saturated carbocycles. The number of likely N-dealkylation sites (N-methyl/N-ethyl adjacent to an activating group) is 1. The van der Waals surface area contributed by atoms with E-state index in [0.29, 0.717) is 24.8 Å². The van der Waals surface area contributed by atoms with Crippen LogP contribution in [-0.4, -0.2) is 104 Å². The predicted octanol–water partition coefficient (Wildman–Crippen LogP) is 2.30. The lowest BCUT2D eigenvalue weighted by Gasteiger charge is -2.59. The fourth-order valence-electron chi connectivity index (χ4n) is 8.37. The molecular formula is C32H42N2O9. The zero-order valence-corrected chi connectivity index (χ0v) is 25.7. The molecule has 2 fully saturated rings. The van der Waals surface area contributed by atoms with Gasteiger partial charge < -0.3 is 39.2 Å². The summed E-state index contributed by atoms with van der Waals surface area (Å²) in [6, 6.07) is 3.25. The molecule has 2 heterocycles. The number of ketones is 2. The van der Waals surface area contributed by atoms with Crippen LogP contribution in [-0.2, 0) is 47.2 Å². The number of anilines is 1. The molecule has 2 saturated heterocycles. The Hall–Kier alpha value is -2.80. The number of rotatable bonds is 6. The maximum absolute atomic E-state index is 13.7. The quantitative estimate of drug-likeness (QED) is 0.416. The first-order valence-electron chi connectivity index (χ1n) is 15.0. The van der Waals surface area contributed by atoms with Crippen LogP contribution in [0.5, 0.6) is 0 Å². The van der Waals surface area contributed by atoms with Crippen LogP contribution in [0.1, 0.15) is 43.4 Å². The molecule has 4 atom stereocenters. The summed E-state index contributed by atoms with van der Waals surface area (Å²) in [7, 11) is 7.43. The monoisotopic (exact) mass is 598 g/mol. The number of fused-ring (bicyclic) bond motifs is 6. The van der Waals surface area contributed by atoms with E-state index in [1.165, 1.54) is 6.92 Å². The minimum Gasteiger partial charge on any atom is -0.510 e. The number of carbonyl (C=O) groups is 2. The van der Waals surface area contributed by atoms with Gasteiger partial charge in [0.15, 0.2) is 11.4 Å². The Kier molecular flexibility index (Phi) is 7.31. The van der Waals surface area contributed by atoms with Gasteiger partial charge in [-0.1, -0.05) is 13.0 Å². The highest BCUT2D eigenvalue weighted by atomic mass is 16.8. The lowest BCUT2D eigenvalue weighted by atomic mass is 9.55. The number of hydrogen-bond acceptors (Lipinski definition) is 11. The third-order valence-electron chi connectivity index (χ3n) is 9.85. The van der Waals surface area contributed by atoms with Crippen molar-refractivity contribution >= 4 is 17.3 Å². The van der Waals surface area contributed by atoms with Gasteiger partial charge in [-0.25, -0.2) is 0 Å². The molecule has 43 heavy (non-hydrogen) atoms. The van der Waals surface area contributed by atoms with Gasteiger partial charge in [0, 0.05) is 36.8 Å². The Balaban J connectivity index is 1.67. The highest BCUT2D eigenvalue weighted by molar-refractivity contribution is 6.08. The molecule has 0 bridgehead atoms. The van der Waals surface area contributed by atoms with Gasteiger partial charge in [-0.2, -0.15) is 0 Å². The Bertz CT molecular complexity index is 1420. The highest BCUT2D eigenvalue weighted by Crippen LogP contribution is 2.63. The molecule has 0 radical (unpaired) electrons. The van der Waals surface area contributed by atoms with Crippen LogP contribution in [0, 0.1) is 11.8 Å². The van der Waals surface area contributed by atoms with Gasteiger partial charge in [0.25, 0.3) is 0 Å². The molecule has 2 spiro atoms. The Labute approximate surface area is 251 Å². The summed E-state index contributed by atoms with van der Waals surface area (Å²) in [6.45, 7) is 3.90. The molecule has 2 aliphatic heterocycles. The topological polar surface area (TPSA) is 138 Å². The van der Waals surface area contributed by atoms with Gasteiger partial charge in [-0.3, -0.25) is 14.5 Å². The zero-order chi connectivity index (χ0) is 31.1. The van der Waals surface area contributed by atoms with E-state index in [-0.39, 0.29) is 43.7 Å². The first-order valence-corrected chi connectivity index (χ1v) is 15.0. The van der Waals surface area contributed by atoms with Crippen molar-refractivity contribution in [3.63, 3.8) is 0 Å². The Morgan fingerprint density at radius 1 is 1.00 bits per heavy atom. The number of aliphatic hydroxyl groups excluding tert-OH is 2. The van der Waals surface area contributed by atoms with Gasteiger partial charge in [0.05, 0.1) is 44.5 Å². The minimum absolute atomic E-state index is 0.00495. The van der Waals surface area contributed by atoms with Crippen molar-refractivity contribution in [2.24, 2.45) is 11.8 Å². The first-order chi connectivity index (χ1) is 20.4. The molecule has 234 valence electrons. The zero-order valence-electron chi connectivity index (χ0n) is 25.7. The number of ether oxygens (including phenoxy) is 4. The minimum atomic E-state index is -2.32. The highest BCUT2D eigenvalue weighted by Gasteiger charge is 2.74. The summed E-state index contributed by atoms with van der Waals surface area (Å²) in [5.41, 5.74) is 1.62. The second-order valence-corrected chi connectivity index (χ2v) is 12.7. The lowest BCUT2D eigenvalue weighted by molar-refractivity contribution is -0.281. The second-order valence-electron chi connectivity index (χ2n) is 12.7. The number of aliphatic hydroxyl groups is 3. The van der Waals surface area contributed by atoms with E-state index in [1.807, 2.05) is 20.2 Å².